The Bertz CT molecular complexity index is 170. The maximum absolute atomic E-state index is 9.82. The number of aliphatic hydroxyl groups is 1. The first-order valence-corrected chi connectivity index (χ1v) is 4.35. The van der Waals surface area contributed by atoms with E-state index in [1.165, 1.54) is 6.92 Å². The van der Waals surface area contributed by atoms with Gasteiger partial charge in [0.25, 0.3) is 0 Å². The van der Waals surface area contributed by atoms with E-state index in [2.05, 4.69) is 4.74 Å². The maximum atomic E-state index is 9.82. The van der Waals surface area contributed by atoms with Crippen LogP contribution >= 0.6 is 0 Å². The Morgan fingerprint density at radius 3 is 1.43 bits per heavy atom. The van der Waals surface area contributed by atoms with Gasteiger partial charge in [0, 0.05) is 14.0 Å². The van der Waals surface area contributed by atoms with Gasteiger partial charge in [-0.1, -0.05) is 36.4 Å². The fourth-order valence-electron chi connectivity index (χ4n) is 0.588. The molecule has 0 bridgehead atoms. The second-order valence-electron chi connectivity index (χ2n) is 2.08. The van der Waals surface area contributed by atoms with Crippen molar-refractivity contribution >= 4 is 5.97 Å². The summed E-state index contributed by atoms with van der Waals surface area (Å²) in [5.41, 5.74) is 0. The topological polar surface area (TPSA) is 46.5 Å². The standard InChI is InChI=1S/C6H6.C4H8O2.CH4O/c1-2-4-6-5-3-1;1-3-6-4(2)5;1-2/h1-6H;3H2,1-2H3;2H,1H3. The molecule has 0 heterocycles. The van der Waals surface area contributed by atoms with Gasteiger partial charge in [0.2, 0.25) is 0 Å². The van der Waals surface area contributed by atoms with Crippen molar-refractivity contribution in [1.82, 2.24) is 0 Å². The molecule has 14 heavy (non-hydrogen) atoms. The van der Waals surface area contributed by atoms with Crippen molar-refractivity contribution < 1.29 is 14.6 Å². The molecule has 0 aromatic heterocycles. The first kappa shape index (κ1) is 15.1. The van der Waals surface area contributed by atoms with E-state index in [1.54, 1.807) is 6.92 Å². The van der Waals surface area contributed by atoms with Gasteiger partial charge in [-0.05, 0) is 6.92 Å². The molecule has 1 aromatic rings. The monoisotopic (exact) mass is 198 g/mol. The van der Waals surface area contributed by atoms with Crippen LogP contribution in [0.4, 0.5) is 0 Å². The molecular formula is C11H18O3. The zero-order valence-electron chi connectivity index (χ0n) is 8.93. The van der Waals surface area contributed by atoms with Crippen LogP contribution in [0.25, 0.3) is 0 Å². The highest BCUT2D eigenvalue weighted by Gasteiger charge is 1.81. The number of benzene rings is 1. The van der Waals surface area contributed by atoms with Gasteiger partial charge in [-0.15, -0.1) is 0 Å². The van der Waals surface area contributed by atoms with Gasteiger partial charge < -0.3 is 9.84 Å². The van der Waals surface area contributed by atoms with Crippen LogP contribution in [-0.4, -0.2) is 24.8 Å². The Hall–Kier alpha value is -1.35. The van der Waals surface area contributed by atoms with E-state index in [4.69, 9.17) is 5.11 Å². The van der Waals surface area contributed by atoms with Crippen molar-refractivity contribution in [2.24, 2.45) is 0 Å². The average Bonchev–Trinajstić information content (AvgIpc) is 2.24. The molecule has 0 radical (unpaired) electrons. The van der Waals surface area contributed by atoms with Crippen molar-refractivity contribution in [3.8, 4) is 0 Å². The molecule has 0 fully saturated rings. The summed E-state index contributed by atoms with van der Waals surface area (Å²) in [5, 5.41) is 7.00. The smallest absolute Gasteiger partial charge is 0.302 e. The molecule has 0 amide bonds. The quantitative estimate of drug-likeness (QED) is 0.701. The number of esters is 1. The summed E-state index contributed by atoms with van der Waals surface area (Å²) >= 11 is 0. The van der Waals surface area contributed by atoms with E-state index in [0.29, 0.717) is 6.61 Å². The lowest BCUT2D eigenvalue weighted by molar-refractivity contribution is -0.140. The number of aliphatic hydroxyl groups excluding tert-OH is 1. The highest BCUT2D eigenvalue weighted by Crippen LogP contribution is 1.79. The van der Waals surface area contributed by atoms with Gasteiger partial charge in [0.05, 0.1) is 6.61 Å². The molecule has 0 saturated heterocycles. The van der Waals surface area contributed by atoms with Crippen LogP contribution in [0.15, 0.2) is 36.4 Å². The van der Waals surface area contributed by atoms with E-state index < -0.39 is 0 Å². The average molecular weight is 198 g/mol. The Kier molecular flexibility index (Phi) is 15.3. The third-order valence-corrected chi connectivity index (χ3v) is 1.01. The predicted molar refractivity (Wildman–Crippen MR) is 56.9 cm³/mol. The molecule has 0 saturated carbocycles. The molecule has 1 rings (SSSR count). The van der Waals surface area contributed by atoms with Crippen LogP contribution in [0.5, 0.6) is 0 Å². The van der Waals surface area contributed by atoms with Gasteiger partial charge in [-0.3, -0.25) is 4.79 Å². The van der Waals surface area contributed by atoms with Gasteiger partial charge in [0.15, 0.2) is 0 Å². The van der Waals surface area contributed by atoms with Crippen molar-refractivity contribution in [2.75, 3.05) is 13.7 Å². The lowest BCUT2D eigenvalue weighted by Crippen LogP contribution is -1.95. The Morgan fingerprint density at radius 1 is 1.07 bits per heavy atom. The molecule has 0 aliphatic rings. The predicted octanol–water partition coefficient (Wildman–Crippen LogP) is 1.86. The van der Waals surface area contributed by atoms with E-state index in [9.17, 15) is 4.79 Å². The fraction of sp³-hybridized carbons (Fsp3) is 0.364. The number of rotatable bonds is 1. The second-order valence-corrected chi connectivity index (χ2v) is 2.08. The first-order valence-electron chi connectivity index (χ1n) is 4.35. The Balaban J connectivity index is 0. The van der Waals surface area contributed by atoms with Crippen LogP contribution < -0.4 is 0 Å². The molecule has 0 spiro atoms. The third kappa shape index (κ3) is 16.9. The summed E-state index contributed by atoms with van der Waals surface area (Å²) < 4.78 is 4.40. The Morgan fingerprint density at radius 2 is 1.36 bits per heavy atom. The molecule has 0 aliphatic heterocycles. The van der Waals surface area contributed by atoms with Crippen LogP contribution in [0.1, 0.15) is 13.8 Å². The first-order chi connectivity index (χ1) is 6.77. The summed E-state index contributed by atoms with van der Waals surface area (Å²) in [7, 11) is 1.00. The van der Waals surface area contributed by atoms with E-state index >= 15 is 0 Å². The van der Waals surface area contributed by atoms with Crippen molar-refractivity contribution in [3.63, 3.8) is 0 Å². The number of hydrogen-bond donors (Lipinski definition) is 1. The molecular weight excluding hydrogens is 180 g/mol. The molecule has 0 atom stereocenters. The minimum Gasteiger partial charge on any atom is -0.466 e. The normalized spacial score (nSPS) is 7.14. The molecule has 3 heteroatoms. The van der Waals surface area contributed by atoms with Crippen molar-refractivity contribution in [2.45, 2.75) is 13.8 Å². The lowest BCUT2D eigenvalue weighted by Gasteiger charge is -1.89. The minimum atomic E-state index is -0.211. The summed E-state index contributed by atoms with van der Waals surface area (Å²) in [4.78, 5) is 9.82. The third-order valence-electron chi connectivity index (χ3n) is 1.01. The van der Waals surface area contributed by atoms with E-state index in [1.807, 2.05) is 36.4 Å². The molecule has 0 aliphatic carbocycles. The van der Waals surface area contributed by atoms with Crippen LogP contribution in [0, 0.1) is 0 Å². The van der Waals surface area contributed by atoms with E-state index in [-0.39, 0.29) is 5.97 Å². The molecule has 1 aromatic carbocycles. The Labute approximate surface area is 85.3 Å². The van der Waals surface area contributed by atoms with Gasteiger partial charge in [0.1, 0.15) is 0 Å². The second kappa shape index (κ2) is 14.2. The molecule has 1 N–H and O–H groups in total. The SMILES string of the molecule is CCOC(C)=O.CO.c1ccccc1. The van der Waals surface area contributed by atoms with E-state index in [0.717, 1.165) is 7.11 Å². The van der Waals surface area contributed by atoms with Crippen molar-refractivity contribution in [1.29, 1.82) is 0 Å². The van der Waals surface area contributed by atoms with Gasteiger partial charge in [-0.25, -0.2) is 0 Å². The van der Waals surface area contributed by atoms with Crippen LogP contribution in [0.3, 0.4) is 0 Å². The fourth-order valence-corrected chi connectivity index (χ4v) is 0.588. The van der Waals surface area contributed by atoms with Crippen molar-refractivity contribution in [3.05, 3.63) is 36.4 Å². The van der Waals surface area contributed by atoms with Gasteiger partial charge in [-0.2, -0.15) is 0 Å². The zero-order chi connectivity index (χ0) is 11.2. The summed E-state index contributed by atoms with van der Waals surface area (Å²) in [6.45, 7) is 3.65. The number of ether oxygens (including phenoxy) is 1. The van der Waals surface area contributed by atoms with Crippen LogP contribution in [0.2, 0.25) is 0 Å². The molecule has 80 valence electrons. The van der Waals surface area contributed by atoms with Gasteiger partial charge >= 0.3 is 5.97 Å². The highest BCUT2D eigenvalue weighted by atomic mass is 16.5. The largest absolute Gasteiger partial charge is 0.466 e. The summed E-state index contributed by atoms with van der Waals surface area (Å²) in [6.07, 6.45) is 0. The summed E-state index contributed by atoms with van der Waals surface area (Å²) in [5.74, 6) is -0.211. The number of hydrogen-bond acceptors (Lipinski definition) is 3. The molecule has 0 unspecified atom stereocenters. The minimum absolute atomic E-state index is 0.211. The van der Waals surface area contributed by atoms with Crippen LogP contribution in [-0.2, 0) is 9.53 Å². The molecule has 3 nitrogen and oxygen atoms in total. The summed E-state index contributed by atoms with van der Waals surface area (Å²) in [6, 6.07) is 12.0. The maximum Gasteiger partial charge on any atom is 0.302 e. The highest BCUT2D eigenvalue weighted by molar-refractivity contribution is 5.65. The zero-order valence-corrected chi connectivity index (χ0v) is 8.93. The number of carbonyl (C=O) groups is 1. The lowest BCUT2D eigenvalue weighted by atomic mass is 10.4. The number of carbonyl (C=O) groups excluding carboxylic acids is 1.